The number of anilines is 2. The molecule has 0 unspecified atom stereocenters. The molecule has 2 heterocycles. The van der Waals surface area contributed by atoms with Crippen LogP contribution in [-0.4, -0.2) is 28.6 Å². The quantitative estimate of drug-likeness (QED) is 0.604. The molecule has 3 N–H and O–H groups in total. The fourth-order valence-corrected chi connectivity index (χ4v) is 1.90. The molecule has 0 aromatic carbocycles. The number of hydrogen-bond acceptors (Lipinski definition) is 7. The summed E-state index contributed by atoms with van der Waals surface area (Å²) >= 11 is 0. The normalized spacial score (nSPS) is 10.2. The van der Waals surface area contributed by atoms with Gasteiger partial charge in [0.15, 0.2) is 11.6 Å². The zero-order chi connectivity index (χ0) is 14.4. The number of nitrogens with zero attached hydrogens (tertiary/aromatic N) is 4. The van der Waals surface area contributed by atoms with Crippen LogP contribution in [0.25, 0.3) is 0 Å². The lowest BCUT2D eigenvalue weighted by atomic mass is 10.3. The summed E-state index contributed by atoms with van der Waals surface area (Å²) in [5.41, 5.74) is 3.47. The summed E-state index contributed by atoms with van der Waals surface area (Å²) in [7, 11) is 1.57. The van der Waals surface area contributed by atoms with Gasteiger partial charge in [0.05, 0.1) is 19.3 Å². The van der Waals surface area contributed by atoms with Crippen molar-refractivity contribution >= 4 is 11.6 Å². The van der Waals surface area contributed by atoms with Crippen molar-refractivity contribution < 1.29 is 4.74 Å². The standard InChI is InChI=1S/C13H18N6O/c1-3-19(8-10-6-4-5-7-15-10)13-11(20-2)12(18-14)16-9-17-13/h4-7,9H,3,8,14H2,1-2H3,(H,16,17,18). The van der Waals surface area contributed by atoms with E-state index >= 15 is 0 Å². The molecule has 0 radical (unpaired) electrons. The largest absolute Gasteiger partial charge is 0.490 e. The van der Waals surface area contributed by atoms with Gasteiger partial charge in [0.2, 0.25) is 5.75 Å². The van der Waals surface area contributed by atoms with Crippen LogP contribution < -0.4 is 20.9 Å². The number of pyridine rings is 1. The van der Waals surface area contributed by atoms with Crippen LogP contribution in [0, 0.1) is 0 Å². The minimum absolute atomic E-state index is 0.456. The minimum Gasteiger partial charge on any atom is -0.490 e. The van der Waals surface area contributed by atoms with Gasteiger partial charge in [-0.2, -0.15) is 0 Å². The van der Waals surface area contributed by atoms with Gasteiger partial charge in [0.1, 0.15) is 6.33 Å². The van der Waals surface area contributed by atoms with E-state index in [9.17, 15) is 0 Å². The Morgan fingerprint density at radius 1 is 1.30 bits per heavy atom. The van der Waals surface area contributed by atoms with Crippen molar-refractivity contribution in [3.8, 4) is 5.75 Å². The van der Waals surface area contributed by atoms with Crippen molar-refractivity contribution in [3.05, 3.63) is 36.4 Å². The molecule has 0 amide bonds. The molecule has 2 aromatic rings. The average molecular weight is 274 g/mol. The highest BCUT2D eigenvalue weighted by Gasteiger charge is 2.17. The number of nitrogen functional groups attached to an aromatic ring is 1. The first kappa shape index (κ1) is 14.0. The van der Waals surface area contributed by atoms with Crippen molar-refractivity contribution in [3.63, 3.8) is 0 Å². The third-order valence-electron chi connectivity index (χ3n) is 2.89. The molecule has 0 saturated heterocycles. The van der Waals surface area contributed by atoms with E-state index in [1.807, 2.05) is 30.0 Å². The molecule has 106 valence electrons. The molecule has 20 heavy (non-hydrogen) atoms. The van der Waals surface area contributed by atoms with E-state index < -0.39 is 0 Å². The Hall–Kier alpha value is -2.41. The van der Waals surface area contributed by atoms with Gasteiger partial charge >= 0.3 is 0 Å². The second kappa shape index (κ2) is 6.67. The Kier molecular flexibility index (Phi) is 4.67. The summed E-state index contributed by atoms with van der Waals surface area (Å²) in [4.78, 5) is 14.7. The highest BCUT2D eigenvalue weighted by molar-refractivity contribution is 5.64. The van der Waals surface area contributed by atoms with E-state index in [-0.39, 0.29) is 0 Å². The van der Waals surface area contributed by atoms with Crippen molar-refractivity contribution in [1.82, 2.24) is 15.0 Å². The molecular formula is C13H18N6O. The number of methoxy groups -OCH3 is 1. The Balaban J connectivity index is 2.32. The van der Waals surface area contributed by atoms with Crippen LogP contribution in [0.1, 0.15) is 12.6 Å². The van der Waals surface area contributed by atoms with E-state index in [1.165, 1.54) is 6.33 Å². The lowest BCUT2D eigenvalue weighted by Crippen LogP contribution is -2.25. The van der Waals surface area contributed by atoms with Gasteiger partial charge in [-0.05, 0) is 19.1 Å². The van der Waals surface area contributed by atoms with Crippen LogP contribution in [0.15, 0.2) is 30.7 Å². The average Bonchev–Trinajstić information content (AvgIpc) is 2.52. The minimum atomic E-state index is 0.456. The summed E-state index contributed by atoms with van der Waals surface area (Å²) in [5.74, 6) is 7.10. The second-order valence-corrected chi connectivity index (χ2v) is 4.06. The molecule has 0 aliphatic carbocycles. The van der Waals surface area contributed by atoms with Gasteiger partial charge in [0, 0.05) is 12.7 Å². The van der Waals surface area contributed by atoms with Gasteiger partial charge in [-0.1, -0.05) is 6.07 Å². The van der Waals surface area contributed by atoms with Crippen molar-refractivity contribution in [2.45, 2.75) is 13.5 Å². The highest BCUT2D eigenvalue weighted by Crippen LogP contribution is 2.31. The monoisotopic (exact) mass is 274 g/mol. The fourth-order valence-electron chi connectivity index (χ4n) is 1.90. The zero-order valence-corrected chi connectivity index (χ0v) is 11.6. The van der Waals surface area contributed by atoms with Crippen LogP contribution in [-0.2, 0) is 6.54 Å². The van der Waals surface area contributed by atoms with Crippen molar-refractivity contribution in [1.29, 1.82) is 0 Å². The maximum atomic E-state index is 5.44. The van der Waals surface area contributed by atoms with Gasteiger partial charge in [-0.25, -0.2) is 15.8 Å². The number of nitrogens with two attached hydrogens (primary N) is 1. The van der Waals surface area contributed by atoms with Crippen molar-refractivity contribution in [2.24, 2.45) is 5.84 Å². The molecule has 0 saturated carbocycles. The molecule has 0 bridgehead atoms. The zero-order valence-electron chi connectivity index (χ0n) is 11.6. The topological polar surface area (TPSA) is 89.2 Å². The number of nitrogens with one attached hydrogen (secondary N) is 1. The van der Waals surface area contributed by atoms with Crippen LogP contribution in [0.2, 0.25) is 0 Å². The molecule has 0 aliphatic heterocycles. The maximum absolute atomic E-state index is 5.44. The molecule has 7 heteroatoms. The summed E-state index contributed by atoms with van der Waals surface area (Å²) in [6.07, 6.45) is 3.22. The van der Waals surface area contributed by atoms with Crippen LogP contribution in [0.3, 0.4) is 0 Å². The lowest BCUT2D eigenvalue weighted by molar-refractivity contribution is 0.412. The van der Waals surface area contributed by atoms with Crippen LogP contribution >= 0.6 is 0 Å². The van der Waals surface area contributed by atoms with E-state index in [0.717, 1.165) is 12.2 Å². The lowest BCUT2D eigenvalue weighted by Gasteiger charge is -2.23. The molecule has 0 aliphatic rings. The smallest absolute Gasteiger partial charge is 0.205 e. The predicted molar refractivity (Wildman–Crippen MR) is 77.4 cm³/mol. The Morgan fingerprint density at radius 2 is 2.15 bits per heavy atom. The number of hydrogen-bond donors (Lipinski definition) is 2. The summed E-state index contributed by atoms with van der Waals surface area (Å²) in [5, 5.41) is 0. The SMILES string of the molecule is CCN(Cc1ccccn1)c1ncnc(NN)c1OC. The van der Waals surface area contributed by atoms with Gasteiger partial charge in [-0.15, -0.1) is 0 Å². The predicted octanol–water partition coefficient (Wildman–Crippen LogP) is 1.19. The van der Waals surface area contributed by atoms with Gasteiger partial charge < -0.3 is 15.1 Å². The van der Waals surface area contributed by atoms with Crippen LogP contribution in [0.4, 0.5) is 11.6 Å². The summed E-state index contributed by atoms with van der Waals surface area (Å²) < 4.78 is 5.36. The fraction of sp³-hybridized carbons (Fsp3) is 0.308. The van der Waals surface area contributed by atoms with Crippen molar-refractivity contribution in [2.75, 3.05) is 24.0 Å². The molecule has 0 atom stereocenters. The highest BCUT2D eigenvalue weighted by atomic mass is 16.5. The third-order valence-corrected chi connectivity index (χ3v) is 2.89. The van der Waals surface area contributed by atoms with Gasteiger partial charge in [0.25, 0.3) is 0 Å². The first-order valence-electron chi connectivity index (χ1n) is 6.30. The van der Waals surface area contributed by atoms with Crippen LogP contribution in [0.5, 0.6) is 5.75 Å². The number of hydrazine groups is 1. The molecular weight excluding hydrogens is 256 g/mol. The van der Waals surface area contributed by atoms with E-state index in [2.05, 4.69) is 20.4 Å². The summed E-state index contributed by atoms with van der Waals surface area (Å²) in [6, 6.07) is 5.82. The number of ether oxygens (including phenoxy) is 1. The molecule has 2 rings (SSSR count). The van der Waals surface area contributed by atoms with E-state index in [4.69, 9.17) is 10.6 Å². The maximum Gasteiger partial charge on any atom is 0.205 e. The number of aromatic nitrogens is 3. The Bertz CT molecular complexity index is 548. The third kappa shape index (κ3) is 2.94. The van der Waals surface area contributed by atoms with Gasteiger partial charge in [-0.3, -0.25) is 4.98 Å². The Labute approximate surface area is 117 Å². The van der Waals surface area contributed by atoms with E-state index in [0.29, 0.717) is 23.9 Å². The first-order chi connectivity index (χ1) is 9.80. The van der Waals surface area contributed by atoms with E-state index in [1.54, 1.807) is 13.3 Å². The number of rotatable bonds is 6. The first-order valence-corrected chi connectivity index (χ1v) is 6.30. The molecule has 0 spiro atoms. The molecule has 2 aromatic heterocycles. The second-order valence-electron chi connectivity index (χ2n) is 4.06. The molecule has 7 nitrogen and oxygen atoms in total. The summed E-state index contributed by atoms with van der Waals surface area (Å²) in [6.45, 7) is 3.43. The Morgan fingerprint density at radius 3 is 2.75 bits per heavy atom. The molecule has 0 fully saturated rings.